The lowest BCUT2D eigenvalue weighted by atomic mass is 9.85. The minimum absolute atomic E-state index is 0.515. The summed E-state index contributed by atoms with van der Waals surface area (Å²) in [5.41, 5.74) is 1.44. The van der Waals surface area contributed by atoms with Crippen LogP contribution in [0.1, 0.15) is 67.7 Å². The van der Waals surface area contributed by atoms with Crippen molar-refractivity contribution in [3.05, 3.63) is 47.7 Å². The Morgan fingerprint density at radius 2 is 1.82 bits per heavy atom. The average molecular weight is 297 g/mol. The molecule has 2 aromatic rings. The first-order valence-corrected chi connectivity index (χ1v) is 8.51. The number of benzene rings is 1. The smallest absolute Gasteiger partial charge is 0.230 e. The molecule has 0 bridgehead atoms. The van der Waals surface area contributed by atoms with Gasteiger partial charge in [0.2, 0.25) is 11.8 Å². The lowest BCUT2D eigenvalue weighted by Crippen LogP contribution is -2.30. The van der Waals surface area contributed by atoms with Crippen LogP contribution in [-0.4, -0.2) is 16.2 Å². The van der Waals surface area contributed by atoms with Gasteiger partial charge in [-0.05, 0) is 37.2 Å². The Balaban J connectivity index is 1.37. The van der Waals surface area contributed by atoms with Crippen molar-refractivity contribution in [3.63, 3.8) is 0 Å². The zero-order valence-corrected chi connectivity index (χ0v) is 12.9. The van der Waals surface area contributed by atoms with Gasteiger partial charge in [0.05, 0.1) is 6.54 Å². The van der Waals surface area contributed by atoms with Gasteiger partial charge in [-0.3, -0.25) is 0 Å². The quantitative estimate of drug-likeness (QED) is 0.913. The van der Waals surface area contributed by atoms with Crippen molar-refractivity contribution in [3.8, 4) is 0 Å². The first kappa shape index (κ1) is 13.9. The zero-order chi connectivity index (χ0) is 14.8. The summed E-state index contributed by atoms with van der Waals surface area (Å²) in [6.45, 7) is 0.688. The number of nitrogens with one attached hydrogen (secondary N) is 1. The van der Waals surface area contributed by atoms with Crippen molar-refractivity contribution in [1.29, 1.82) is 0 Å². The second-order valence-corrected chi connectivity index (χ2v) is 6.60. The van der Waals surface area contributed by atoms with E-state index in [1.165, 1.54) is 44.1 Å². The molecular weight excluding hydrogens is 274 g/mol. The highest BCUT2D eigenvalue weighted by Crippen LogP contribution is 2.36. The molecule has 1 aromatic carbocycles. The zero-order valence-electron chi connectivity index (χ0n) is 12.9. The van der Waals surface area contributed by atoms with E-state index < -0.39 is 0 Å². The maximum atomic E-state index is 5.80. The summed E-state index contributed by atoms with van der Waals surface area (Å²) in [6.07, 6.45) is 7.47. The maximum absolute atomic E-state index is 5.80. The number of rotatable bonds is 5. The predicted molar refractivity (Wildman–Crippen MR) is 84.6 cm³/mol. The highest BCUT2D eigenvalue weighted by molar-refractivity contribution is 5.22. The second-order valence-electron chi connectivity index (χ2n) is 6.60. The van der Waals surface area contributed by atoms with Crippen LogP contribution in [0, 0.1) is 0 Å². The van der Waals surface area contributed by atoms with Gasteiger partial charge in [0, 0.05) is 12.0 Å². The Morgan fingerprint density at radius 3 is 2.59 bits per heavy atom. The number of aromatic nitrogens is 2. The van der Waals surface area contributed by atoms with Gasteiger partial charge in [-0.25, -0.2) is 0 Å². The van der Waals surface area contributed by atoms with Crippen molar-refractivity contribution in [2.75, 3.05) is 0 Å². The topological polar surface area (TPSA) is 51.0 Å². The highest BCUT2D eigenvalue weighted by Gasteiger charge is 2.29. The third-order valence-electron chi connectivity index (χ3n) is 5.20. The molecule has 2 atom stereocenters. The van der Waals surface area contributed by atoms with Crippen molar-refractivity contribution in [2.45, 2.75) is 62.9 Å². The van der Waals surface area contributed by atoms with Gasteiger partial charge < -0.3 is 9.73 Å². The first-order valence-electron chi connectivity index (χ1n) is 8.51. The molecule has 0 unspecified atom stereocenters. The fourth-order valence-electron chi connectivity index (χ4n) is 3.68. The molecule has 0 aliphatic heterocycles. The summed E-state index contributed by atoms with van der Waals surface area (Å²) >= 11 is 0. The monoisotopic (exact) mass is 297 g/mol. The SMILES string of the molecule is c1ccc([C@H]2CCC[C@@H]2NCc2nnc(C3CCC3)o2)cc1. The lowest BCUT2D eigenvalue weighted by Gasteiger charge is -2.21. The third kappa shape index (κ3) is 2.80. The molecule has 2 aliphatic rings. The van der Waals surface area contributed by atoms with E-state index in [0.717, 1.165) is 11.8 Å². The van der Waals surface area contributed by atoms with Gasteiger partial charge in [0.1, 0.15) is 0 Å². The minimum atomic E-state index is 0.515. The van der Waals surface area contributed by atoms with E-state index in [9.17, 15) is 0 Å². The van der Waals surface area contributed by atoms with Crippen LogP contribution in [0.5, 0.6) is 0 Å². The third-order valence-corrected chi connectivity index (χ3v) is 5.20. The van der Waals surface area contributed by atoms with Crippen molar-refractivity contribution in [2.24, 2.45) is 0 Å². The van der Waals surface area contributed by atoms with E-state index in [2.05, 4.69) is 45.8 Å². The van der Waals surface area contributed by atoms with Gasteiger partial charge >= 0.3 is 0 Å². The normalized spacial score (nSPS) is 25.3. The van der Waals surface area contributed by atoms with E-state index in [1.807, 2.05) is 0 Å². The van der Waals surface area contributed by atoms with E-state index in [4.69, 9.17) is 4.42 Å². The van der Waals surface area contributed by atoms with Crippen molar-refractivity contribution >= 4 is 0 Å². The summed E-state index contributed by atoms with van der Waals surface area (Å²) in [6, 6.07) is 11.3. The first-order chi connectivity index (χ1) is 10.9. The largest absolute Gasteiger partial charge is 0.424 e. The van der Waals surface area contributed by atoms with Crippen LogP contribution in [0.2, 0.25) is 0 Å². The summed E-state index contributed by atoms with van der Waals surface area (Å²) in [5, 5.41) is 12.0. The van der Waals surface area contributed by atoms with Gasteiger partial charge in [0.15, 0.2) is 0 Å². The number of hydrogen-bond acceptors (Lipinski definition) is 4. The van der Waals surface area contributed by atoms with Crippen LogP contribution in [-0.2, 0) is 6.54 Å². The standard InChI is InChI=1S/C18H23N3O/c1-2-6-13(7-3-1)15-10-5-11-16(15)19-12-17-20-21-18(22-17)14-8-4-9-14/h1-3,6-7,14-16,19H,4-5,8-12H2/t15-,16+/m1/s1. The molecule has 0 spiro atoms. The van der Waals surface area contributed by atoms with E-state index >= 15 is 0 Å². The van der Waals surface area contributed by atoms with Crippen LogP contribution < -0.4 is 5.32 Å². The van der Waals surface area contributed by atoms with Crippen LogP contribution in [0.25, 0.3) is 0 Å². The molecule has 116 valence electrons. The van der Waals surface area contributed by atoms with E-state index in [0.29, 0.717) is 24.4 Å². The van der Waals surface area contributed by atoms with Crippen LogP contribution in [0.4, 0.5) is 0 Å². The fourth-order valence-corrected chi connectivity index (χ4v) is 3.68. The molecule has 0 amide bonds. The van der Waals surface area contributed by atoms with E-state index in [-0.39, 0.29) is 0 Å². The Bertz CT molecular complexity index is 606. The number of hydrogen-bond donors (Lipinski definition) is 1. The molecule has 1 aromatic heterocycles. The summed E-state index contributed by atoms with van der Waals surface area (Å²) in [4.78, 5) is 0. The summed E-state index contributed by atoms with van der Waals surface area (Å²) < 4.78 is 5.80. The van der Waals surface area contributed by atoms with Crippen molar-refractivity contribution < 1.29 is 4.42 Å². The lowest BCUT2D eigenvalue weighted by molar-refractivity contribution is 0.318. The van der Waals surface area contributed by atoms with Crippen LogP contribution in [0.15, 0.2) is 34.7 Å². The molecule has 4 rings (SSSR count). The molecule has 2 saturated carbocycles. The Hall–Kier alpha value is -1.68. The van der Waals surface area contributed by atoms with Gasteiger partial charge in [-0.1, -0.05) is 43.2 Å². The van der Waals surface area contributed by atoms with Crippen LogP contribution in [0.3, 0.4) is 0 Å². The maximum Gasteiger partial charge on any atom is 0.230 e. The van der Waals surface area contributed by atoms with Crippen LogP contribution >= 0.6 is 0 Å². The predicted octanol–water partition coefficient (Wildman–Crippen LogP) is 3.76. The molecule has 22 heavy (non-hydrogen) atoms. The van der Waals surface area contributed by atoms with Gasteiger partial charge in [0.25, 0.3) is 0 Å². The molecule has 4 nitrogen and oxygen atoms in total. The number of nitrogens with zero attached hydrogens (tertiary/aromatic N) is 2. The molecule has 0 saturated heterocycles. The molecule has 1 heterocycles. The van der Waals surface area contributed by atoms with Gasteiger partial charge in [-0.15, -0.1) is 10.2 Å². The Morgan fingerprint density at radius 1 is 1.00 bits per heavy atom. The Labute approximate surface area is 131 Å². The molecule has 0 radical (unpaired) electrons. The summed E-state index contributed by atoms with van der Waals surface area (Å²) in [5.74, 6) is 2.70. The molecule has 2 aliphatic carbocycles. The van der Waals surface area contributed by atoms with E-state index in [1.54, 1.807) is 0 Å². The minimum Gasteiger partial charge on any atom is -0.424 e. The highest BCUT2D eigenvalue weighted by atomic mass is 16.4. The molecule has 1 N–H and O–H groups in total. The Kier molecular flexibility index (Phi) is 3.94. The fraction of sp³-hybridized carbons (Fsp3) is 0.556. The summed E-state index contributed by atoms with van der Waals surface area (Å²) in [7, 11) is 0. The van der Waals surface area contributed by atoms with Crippen molar-refractivity contribution in [1.82, 2.24) is 15.5 Å². The average Bonchev–Trinajstić information content (AvgIpc) is 3.13. The molecule has 2 fully saturated rings. The molecule has 4 heteroatoms. The second kappa shape index (κ2) is 6.21. The van der Waals surface area contributed by atoms with Gasteiger partial charge in [-0.2, -0.15) is 0 Å². The molecular formula is C18H23N3O.